The first-order chi connectivity index (χ1) is 5.74. The molecule has 0 aromatic rings. The fourth-order valence-electron chi connectivity index (χ4n) is 3.29. The third-order valence-electron chi connectivity index (χ3n) is 4.04. The zero-order chi connectivity index (χ0) is 8.60. The molecule has 2 saturated carbocycles. The van der Waals surface area contributed by atoms with Gasteiger partial charge in [0.05, 0.1) is 0 Å². The topological polar surface area (TPSA) is 17.1 Å². The molecule has 0 aliphatic heterocycles. The molecule has 68 valence electrons. The maximum Gasteiger partial charge on any atom is 0.123 e. The average molecular weight is 166 g/mol. The molecule has 2 fully saturated rings. The molecule has 0 aromatic carbocycles. The molecule has 0 heterocycles. The summed E-state index contributed by atoms with van der Waals surface area (Å²) in [5, 5.41) is 0. The van der Waals surface area contributed by atoms with Crippen LogP contribution in [-0.4, -0.2) is 6.29 Å². The molecule has 1 nitrogen and oxygen atoms in total. The van der Waals surface area contributed by atoms with E-state index in [4.69, 9.17) is 0 Å². The summed E-state index contributed by atoms with van der Waals surface area (Å²) in [7, 11) is 0. The van der Waals surface area contributed by atoms with Gasteiger partial charge >= 0.3 is 0 Å². The molecule has 0 saturated heterocycles. The smallest absolute Gasteiger partial charge is 0.123 e. The number of hydrogen-bond donors (Lipinski definition) is 0. The third kappa shape index (κ3) is 1.19. The molecule has 1 heteroatoms. The average Bonchev–Trinajstić information content (AvgIpc) is 2.41. The highest BCUT2D eigenvalue weighted by Crippen LogP contribution is 2.53. The highest BCUT2D eigenvalue weighted by Gasteiger charge is 2.44. The van der Waals surface area contributed by atoms with Gasteiger partial charge in [0.25, 0.3) is 0 Å². The molecule has 2 aliphatic rings. The summed E-state index contributed by atoms with van der Waals surface area (Å²) in [6.07, 6.45) is 9.05. The van der Waals surface area contributed by atoms with Crippen LogP contribution in [0.2, 0.25) is 0 Å². The minimum absolute atomic E-state index is 0.387. The summed E-state index contributed by atoms with van der Waals surface area (Å²) in [5.41, 5.74) is 0.532. The molecule has 0 bridgehead atoms. The van der Waals surface area contributed by atoms with E-state index in [1.54, 1.807) is 0 Å². The van der Waals surface area contributed by atoms with Crippen molar-refractivity contribution in [2.45, 2.75) is 45.4 Å². The van der Waals surface area contributed by atoms with Gasteiger partial charge in [0.15, 0.2) is 0 Å². The predicted octanol–water partition coefficient (Wildman–Crippen LogP) is 2.79. The van der Waals surface area contributed by atoms with Crippen molar-refractivity contribution >= 4 is 6.29 Å². The van der Waals surface area contributed by atoms with E-state index in [-0.39, 0.29) is 0 Å². The van der Waals surface area contributed by atoms with E-state index < -0.39 is 0 Å². The van der Waals surface area contributed by atoms with Gasteiger partial charge in [0.1, 0.15) is 6.29 Å². The number of rotatable bonds is 1. The molecular formula is C11H18O. The van der Waals surface area contributed by atoms with E-state index in [2.05, 4.69) is 6.92 Å². The van der Waals surface area contributed by atoms with Gasteiger partial charge in [0, 0.05) is 5.92 Å². The third-order valence-corrected chi connectivity index (χ3v) is 4.04. The van der Waals surface area contributed by atoms with Gasteiger partial charge in [-0.05, 0) is 37.0 Å². The summed E-state index contributed by atoms with van der Waals surface area (Å²) in [5.74, 6) is 1.25. The molecule has 0 amide bonds. The second-order valence-electron chi connectivity index (χ2n) is 4.93. The predicted molar refractivity (Wildman–Crippen MR) is 48.9 cm³/mol. The van der Waals surface area contributed by atoms with Crippen LogP contribution in [0.3, 0.4) is 0 Å². The zero-order valence-electron chi connectivity index (χ0n) is 7.88. The maximum absolute atomic E-state index is 10.7. The minimum atomic E-state index is 0.387. The zero-order valence-corrected chi connectivity index (χ0v) is 7.88. The molecule has 0 radical (unpaired) electrons. The number of fused-ring (bicyclic) bond motifs is 1. The molecule has 2 rings (SSSR count). The van der Waals surface area contributed by atoms with Crippen LogP contribution in [0.5, 0.6) is 0 Å². The number of carbonyl (C=O) groups excluding carboxylic acids is 1. The maximum atomic E-state index is 10.7. The van der Waals surface area contributed by atoms with Crippen LogP contribution in [0, 0.1) is 17.3 Å². The van der Waals surface area contributed by atoms with Crippen LogP contribution in [0.1, 0.15) is 45.4 Å². The highest BCUT2D eigenvalue weighted by molar-refractivity contribution is 5.54. The fourth-order valence-corrected chi connectivity index (χ4v) is 3.29. The van der Waals surface area contributed by atoms with Gasteiger partial charge in [-0.25, -0.2) is 0 Å². The van der Waals surface area contributed by atoms with Crippen molar-refractivity contribution in [1.82, 2.24) is 0 Å². The van der Waals surface area contributed by atoms with E-state index in [0.29, 0.717) is 11.3 Å². The van der Waals surface area contributed by atoms with Gasteiger partial charge < -0.3 is 4.79 Å². The molecule has 0 spiro atoms. The van der Waals surface area contributed by atoms with Gasteiger partial charge in [-0.1, -0.05) is 19.8 Å². The molecule has 3 atom stereocenters. The first kappa shape index (κ1) is 8.28. The van der Waals surface area contributed by atoms with Gasteiger partial charge in [-0.2, -0.15) is 0 Å². The van der Waals surface area contributed by atoms with E-state index in [1.165, 1.54) is 44.8 Å². The van der Waals surface area contributed by atoms with Crippen LogP contribution in [-0.2, 0) is 4.79 Å². The van der Waals surface area contributed by atoms with E-state index in [0.717, 1.165) is 5.92 Å². The van der Waals surface area contributed by atoms with E-state index in [9.17, 15) is 4.79 Å². The summed E-state index contributed by atoms with van der Waals surface area (Å²) < 4.78 is 0. The minimum Gasteiger partial charge on any atom is -0.303 e. The number of hydrogen-bond acceptors (Lipinski definition) is 1. The van der Waals surface area contributed by atoms with Gasteiger partial charge in [0.2, 0.25) is 0 Å². The Labute approximate surface area is 74.5 Å². The Balaban J connectivity index is 2.10. The van der Waals surface area contributed by atoms with Crippen LogP contribution in [0.15, 0.2) is 0 Å². The van der Waals surface area contributed by atoms with Gasteiger partial charge in [-0.3, -0.25) is 0 Å². The van der Waals surface area contributed by atoms with E-state index >= 15 is 0 Å². The molecule has 1 unspecified atom stereocenters. The Morgan fingerprint density at radius 3 is 2.92 bits per heavy atom. The lowest BCUT2D eigenvalue weighted by Crippen LogP contribution is -2.25. The molecular weight excluding hydrogens is 148 g/mol. The first-order valence-corrected chi connectivity index (χ1v) is 5.20. The summed E-state index contributed by atoms with van der Waals surface area (Å²) >= 11 is 0. The summed E-state index contributed by atoms with van der Waals surface area (Å²) in [6, 6.07) is 0. The number of aldehydes is 1. The van der Waals surface area contributed by atoms with Crippen LogP contribution in [0.4, 0.5) is 0 Å². The standard InChI is InChI=1S/C11H18O/c1-11-5-3-2-4-10(11)6-9(7-11)8-12/h8-10H,2-7H2,1H3/t9?,10-,11+/m0/s1. The number of carbonyl (C=O) groups is 1. The summed E-state index contributed by atoms with van der Waals surface area (Å²) in [6.45, 7) is 2.39. The van der Waals surface area contributed by atoms with Crippen molar-refractivity contribution in [2.75, 3.05) is 0 Å². The van der Waals surface area contributed by atoms with Crippen molar-refractivity contribution in [3.63, 3.8) is 0 Å². The summed E-state index contributed by atoms with van der Waals surface area (Å²) in [4.78, 5) is 10.7. The lowest BCUT2D eigenvalue weighted by molar-refractivity contribution is -0.111. The SMILES string of the molecule is C[C@]12CCCC[C@H]1CC(C=O)C2. The Kier molecular flexibility index (Phi) is 1.97. The normalized spacial score (nSPS) is 47.1. The van der Waals surface area contributed by atoms with Crippen LogP contribution < -0.4 is 0 Å². The van der Waals surface area contributed by atoms with Crippen molar-refractivity contribution in [2.24, 2.45) is 17.3 Å². The Morgan fingerprint density at radius 2 is 2.25 bits per heavy atom. The molecule has 2 aliphatic carbocycles. The fraction of sp³-hybridized carbons (Fsp3) is 0.909. The molecule has 12 heavy (non-hydrogen) atoms. The van der Waals surface area contributed by atoms with Crippen molar-refractivity contribution < 1.29 is 4.79 Å². The Hall–Kier alpha value is -0.330. The molecule has 0 N–H and O–H groups in total. The highest BCUT2D eigenvalue weighted by atomic mass is 16.1. The second kappa shape index (κ2) is 2.86. The molecule has 0 aromatic heterocycles. The first-order valence-electron chi connectivity index (χ1n) is 5.20. The quantitative estimate of drug-likeness (QED) is 0.547. The van der Waals surface area contributed by atoms with Crippen molar-refractivity contribution in [1.29, 1.82) is 0 Å². The van der Waals surface area contributed by atoms with E-state index in [1.807, 2.05) is 0 Å². The lowest BCUT2D eigenvalue weighted by Gasteiger charge is -2.35. The monoisotopic (exact) mass is 166 g/mol. The van der Waals surface area contributed by atoms with Crippen molar-refractivity contribution in [3.05, 3.63) is 0 Å². The van der Waals surface area contributed by atoms with Gasteiger partial charge in [-0.15, -0.1) is 0 Å². The lowest BCUT2D eigenvalue weighted by atomic mass is 9.70. The Bertz CT molecular complexity index is 187. The van der Waals surface area contributed by atoms with Crippen LogP contribution in [0.25, 0.3) is 0 Å². The Morgan fingerprint density at radius 1 is 1.42 bits per heavy atom. The second-order valence-corrected chi connectivity index (χ2v) is 4.93. The van der Waals surface area contributed by atoms with Crippen molar-refractivity contribution in [3.8, 4) is 0 Å². The van der Waals surface area contributed by atoms with Crippen LogP contribution >= 0.6 is 0 Å². The largest absolute Gasteiger partial charge is 0.303 e.